The second kappa shape index (κ2) is 6.99. The number of aryl methyl sites for hydroxylation is 1. The van der Waals surface area contributed by atoms with Crippen LogP contribution in [-0.2, 0) is 11.2 Å². The molecule has 2 heteroatoms. The van der Waals surface area contributed by atoms with E-state index in [9.17, 15) is 4.79 Å². The molecule has 0 bridgehead atoms. The number of nitrogens with one attached hydrogen (secondary N) is 1. The van der Waals surface area contributed by atoms with E-state index in [0.717, 1.165) is 19.3 Å². The highest BCUT2D eigenvalue weighted by Crippen LogP contribution is 2.32. The van der Waals surface area contributed by atoms with Gasteiger partial charge in [-0.1, -0.05) is 68.4 Å². The van der Waals surface area contributed by atoms with Crippen molar-refractivity contribution < 1.29 is 4.79 Å². The fourth-order valence-corrected chi connectivity index (χ4v) is 3.58. The third-order valence-corrected chi connectivity index (χ3v) is 4.81. The van der Waals surface area contributed by atoms with Gasteiger partial charge in [0.05, 0.1) is 12.0 Å². The molecule has 0 heterocycles. The molecule has 2 atom stereocenters. The molecule has 2 aromatic carbocycles. The summed E-state index contributed by atoms with van der Waals surface area (Å²) in [5.41, 5.74) is 3.73. The summed E-state index contributed by atoms with van der Waals surface area (Å²) in [4.78, 5) is 12.9. The predicted octanol–water partition coefficient (Wildman–Crippen LogP) is 4.62. The van der Waals surface area contributed by atoms with Gasteiger partial charge in [-0.25, -0.2) is 0 Å². The summed E-state index contributed by atoms with van der Waals surface area (Å²) in [5, 5.41) is 3.30. The number of hydrogen-bond acceptors (Lipinski definition) is 1. The maximum atomic E-state index is 12.9. The van der Waals surface area contributed by atoms with Crippen molar-refractivity contribution in [1.29, 1.82) is 0 Å². The van der Waals surface area contributed by atoms with Crippen molar-refractivity contribution in [1.82, 2.24) is 5.32 Å². The summed E-state index contributed by atoms with van der Waals surface area (Å²) >= 11 is 0. The first kappa shape index (κ1) is 15.8. The molecule has 1 N–H and O–H groups in total. The van der Waals surface area contributed by atoms with Crippen LogP contribution in [0.5, 0.6) is 0 Å². The molecule has 0 saturated carbocycles. The molecule has 1 aliphatic carbocycles. The molecule has 2 nitrogen and oxygen atoms in total. The highest BCUT2D eigenvalue weighted by atomic mass is 16.1. The molecule has 120 valence electrons. The number of carbonyl (C=O) groups is 1. The normalized spacial score (nSPS) is 18.3. The van der Waals surface area contributed by atoms with Crippen molar-refractivity contribution in [3.8, 4) is 0 Å². The van der Waals surface area contributed by atoms with Gasteiger partial charge in [0.15, 0.2) is 0 Å². The Labute approximate surface area is 138 Å². The van der Waals surface area contributed by atoms with Crippen LogP contribution in [0.25, 0.3) is 0 Å². The van der Waals surface area contributed by atoms with Crippen LogP contribution in [0.1, 0.15) is 55.3 Å². The Kier molecular flexibility index (Phi) is 4.80. The molecule has 0 saturated heterocycles. The Bertz CT molecular complexity index is 663. The highest BCUT2D eigenvalue weighted by molar-refractivity contribution is 5.84. The van der Waals surface area contributed by atoms with E-state index in [1.54, 1.807) is 0 Å². The van der Waals surface area contributed by atoms with Crippen LogP contribution >= 0.6 is 0 Å². The second-order valence-electron chi connectivity index (χ2n) is 6.78. The van der Waals surface area contributed by atoms with Gasteiger partial charge in [-0.3, -0.25) is 4.79 Å². The predicted molar refractivity (Wildman–Crippen MR) is 94.3 cm³/mol. The Balaban J connectivity index is 1.81. The minimum atomic E-state index is -0.00934. The van der Waals surface area contributed by atoms with Crippen LogP contribution in [0.3, 0.4) is 0 Å². The van der Waals surface area contributed by atoms with E-state index in [0.29, 0.717) is 5.92 Å². The van der Waals surface area contributed by atoms with Gasteiger partial charge in [0.1, 0.15) is 0 Å². The lowest BCUT2D eigenvalue weighted by Crippen LogP contribution is -2.36. The fraction of sp³-hybridized carbons (Fsp3) is 0.381. The maximum absolute atomic E-state index is 12.9. The molecule has 0 aliphatic heterocycles. The molecular formula is C21H25NO. The number of fused-ring (bicyclic) bond motifs is 1. The molecule has 0 spiro atoms. The van der Waals surface area contributed by atoms with Crippen LogP contribution in [0, 0.1) is 5.92 Å². The standard InChI is InChI=1S/C21H25NO/c1-15(2)20(17-10-4-3-5-11-17)22-21(23)19-14-8-12-16-9-6-7-13-18(16)19/h3-7,9-11,13,15,19-20H,8,12,14H2,1-2H3,(H,22,23). The lowest BCUT2D eigenvalue weighted by atomic mass is 9.82. The zero-order valence-corrected chi connectivity index (χ0v) is 14.0. The Hall–Kier alpha value is -2.09. The number of carbonyl (C=O) groups excluding carboxylic acids is 1. The Morgan fingerprint density at radius 2 is 1.74 bits per heavy atom. The van der Waals surface area contributed by atoms with Crippen LogP contribution in [0.2, 0.25) is 0 Å². The zero-order valence-electron chi connectivity index (χ0n) is 14.0. The fourth-order valence-electron chi connectivity index (χ4n) is 3.58. The van der Waals surface area contributed by atoms with Gasteiger partial charge in [-0.2, -0.15) is 0 Å². The van der Waals surface area contributed by atoms with Crippen molar-refractivity contribution >= 4 is 5.91 Å². The van der Waals surface area contributed by atoms with Crippen molar-refractivity contribution in [3.05, 3.63) is 71.3 Å². The molecular weight excluding hydrogens is 282 g/mol. The average Bonchev–Trinajstić information content (AvgIpc) is 2.59. The first-order chi connectivity index (χ1) is 11.2. The van der Waals surface area contributed by atoms with Gasteiger partial charge in [0, 0.05) is 0 Å². The van der Waals surface area contributed by atoms with Crippen molar-refractivity contribution in [2.45, 2.75) is 45.1 Å². The van der Waals surface area contributed by atoms with E-state index in [4.69, 9.17) is 0 Å². The van der Waals surface area contributed by atoms with E-state index in [2.05, 4.69) is 49.5 Å². The molecule has 1 amide bonds. The molecule has 2 aromatic rings. The lowest BCUT2D eigenvalue weighted by molar-refractivity contribution is -0.124. The van der Waals surface area contributed by atoms with E-state index >= 15 is 0 Å². The van der Waals surface area contributed by atoms with Crippen LogP contribution < -0.4 is 5.32 Å². The van der Waals surface area contributed by atoms with E-state index in [-0.39, 0.29) is 17.9 Å². The zero-order chi connectivity index (χ0) is 16.2. The van der Waals surface area contributed by atoms with Gasteiger partial charge in [0.2, 0.25) is 5.91 Å². The molecule has 0 aromatic heterocycles. The lowest BCUT2D eigenvalue weighted by Gasteiger charge is -2.29. The van der Waals surface area contributed by atoms with Gasteiger partial charge in [-0.15, -0.1) is 0 Å². The van der Waals surface area contributed by atoms with Gasteiger partial charge in [-0.05, 0) is 41.9 Å². The number of benzene rings is 2. The Morgan fingerprint density at radius 3 is 2.48 bits per heavy atom. The summed E-state index contributed by atoms with van der Waals surface area (Å²) in [6, 6.07) is 18.7. The summed E-state index contributed by atoms with van der Waals surface area (Å²) in [7, 11) is 0. The second-order valence-corrected chi connectivity index (χ2v) is 6.78. The van der Waals surface area contributed by atoms with Crippen LogP contribution in [0.15, 0.2) is 54.6 Å². The minimum absolute atomic E-state index is 0.00934. The van der Waals surface area contributed by atoms with Crippen molar-refractivity contribution in [2.24, 2.45) is 5.92 Å². The molecule has 3 rings (SSSR count). The highest BCUT2D eigenvalue weighted by Gasteiger charge is 2.28. The van der Waals surface area contributed by atoms with Crippen LogP contribution in [-0.4, -0.2) is 5.91 Å². The average molecular weight is 307 g/mol. The molecule has 1 aliphatic rings. The number of amides is 1. The smallest absolute Gasteiger partial charge is 0.228 e. The first-order valence-electron chi connectivity index (χ1n) is 8.60. The Morgan fingerprint density at radius 1 is 1.04 bits per heavy atom. The topological polar surface area (TPSA) is 29.1 Å². The van der Waals surface area contributed by atoms with Gasteiger partial charge < -0.3 is 5.32 Å². The van der Waals surface area contributed by atoms with Gasteiger partial charge >= 0.3 is 0 Å². The van der Waals surface area contributed by atoms with Crippen molar-refractivity contribution in [2.75, 3.05) is 0 Å². The summed E-state index contributed by atoms with van der Waals surface area (Å²) < 4.78 is 0. The molecule has 0 radical (unpaired) electrons. The molecule has 2 unspecified atom stereocenters. The maximum Gasteiger partial charge on any atom is 0.228 e. The molecule has 23 heavy (non-hydrogen) atoms. The van der Waals surface area contributed by atoms with Gasteiger partial charge in [0.25, 0.3) is 0 Å². The largest absolute Gasteiger partial charge is 0.349 e. The monoisotopic (exact) mass is 307 g/mol. The minimum Gasteiger partial charge on any atom is -0.349 e. The third-order valence-electron chi connectivity index (χ3n) is 4.81. The third kappa shape index (κ3) is 3.47. The van der Waals surface area contributed by atoms with Crippen molar-refractivity contribution in [3.63, 3.8) is 0 Å². The van der Waals surface area contributed by atoms with Crippen LogP contribution in [0.4, 0.5) is 0 Å². The summed E-state index contributed by atoms with van der Waals surface area (Å²) in [6.45, 7) is 4.32. The number of hydrogen-bond donors (Lipinski definition) is 1. The van der Waals surface area contributed by atoms with E-state index in [1.807, 2.05) is 24.3 Å². The number of rotatable bonds is 4. The summed E-state index contributed by atoms with van der Waals surface area (Å²) in [6.07, 6.45) is 3.13. The SMILES string of the molecule is CC(C)C(NC(=O)C1CCCc2ccccc21)c1ccccc1. The molecule has 0 fully saturated rings. The summed E-state index contributed by atoms with van der Waals surface area (Å²) in [5.74, 6) is 0.518. The quantitative estimate of drug-likeness (QED) is 0.877. The van der Waals surface area contributed by atoms with E-state index in [1.165, 1.54) is 16.7 Å². The van der Waals surface area contributed by atoms with E-state index < -0.39 is 0 Å². The first-order valence-corrected chi connectivity index (χ1v) is 8.60.